The average molecular weight is 162 g/mol. The molecule has 0 bridgehead atoms. The van der Waals surface area contributed by atoms with Crippen molar-refractivity contribution in [1.29, 1.82) is 0 Å². The normalized spacial score (nSPS) is 51.5. The first-order valence-corrected chi connectivity index (χ1v) is 3.69. The third kappa shape index (κ3) is 1.27. The Hall–Kier alpha value is -0.160. The first kappa shape index (κ1) is 8.93. The standard InChI is InChI=1S/C7H14O4/c1-7(11)5(9)2-4(3-8)6(7)10/h4-6,8-11H,2-3H2,1H3/t4-,5-,6+,7-/m1/s1. The Morgan fingerprint density at radius 1 is 1.45 bits per heavy atom. The zero-order chi connectivity index (χ0) is 8.65. The summed E-state index contributed by atoms with van der Waals surface area (Å²) in [5.74, 6) is -0.403. The first-order valence-electron chi connectivity index (χ1n) is 3.69. The van der Waals surface area contributed by atoms with Crippen LogP contribution in [-0.2, 0) is 0 Å². The maximum absolute atomic E-state index is 9.42. The lowest BCUT2D eigenvalue weighted by molar-refractivity contribution is -0.106. The van der Waals surface area contributed by atoms with Crippen molar-refractivity contribution in [3.05, 3.63) is 0 Å². The Labute approximate surface area is 65.1 Å². The number of aliphatic hydroxyl groups excluding tert-OH is 3. The molecule has 0 amide bonds. The summed E-state index contributed by atoms with van der Waals surface area (Å²) in [5, 5.41) is 36.7. The van der Waals surface area contributed by atoms with Crippen LogP contribution in [0.1, 0.15) is 13.3 Å². The molecular weight excluding hydrogens is 148 g/mol. The van der Waals surface area contributed by atoms with E-state index in [0.717, 1.165) is 0 Å². The maximum Gasteiger partial charge on any atom is 0.114 e. The molecule has 0 heterocycles. The van der Waals surface area contributed by atoms with E-state index in [4.69, 9.17) is 5.11 Å². The SMILES string of the molecule is C[C@@]1(O)[C@H](O)C[C@H](CO)[C@@H]1O. The zero-order valence-electron chi connectivity index (χ0n) is 6.44. The average Bonchev–Trinajstić information content (AvgIpc) is 2.14. The molecule has 1 saturated carbocycles. The van der Waals surface area contributed by atoms with Crippen molar-refractivity contribution in [1.82, 2.24) is 0 Å². The van der Waals surface area contributed by atoms with Gasteiger partial charge < -0.3 is 20.4 Å². The van der Waals surface area contributed by atoms with Crippen LogP contribution in [0.2, 0.25) is 0 Å². The minimum atomic E-state index is -1.46. The first-order chi connectivity index (χ1) is 5.00. The number of hydrogen-bond donors (Lipinski definition) is 4. The Bertz CT molecular complexity index is 145. The highest BCUT2D eigenvalue weighted by Crippen LogP contribution is 2.34. The van der Waals surface area contributed by atoms with E-state index in [1.807, 2.05) is 0 Å². The molecule has 4 heteroatoms. The van der Waals surface area contributed by atoms with E-state index in [0.29, 0.717) is 0 Å². The molecule has 0 radical (unpaired) electrons. The Kier molecular flexibility index (Phi) is 2.20. The summed E-state index contributed by atoms with van der Waals surface area (Å²) in [5.41, 5.74) is -1.46. The van der Waals surface area contributed by atoms with Crippen LogP contribution in [0.25, 0.3) is 0 Å². The molecule has 4 N–H and O–H groups in total. The summed E-state index contributed by atoms with van der Waals surface area (Å²) in [6, 6.07) is 0. The summed E-state index contributed by atoms with van der Waals surface area (Å²) >= 11 is 0. The third-order valence-corrected chi connectivity index (χ3v) is 2.48. The van der Waals surface area contributed by atoms with E-state index < -0.39 is 23.7 Å². The molecule has 4 atom stereocenters. The smallest absolute Gasteiger partial charge is 0.114 e. The van der Waals surface area contributed by atoms with E-state index in [-0.39, 0.29) is 13.0 Å². The van der Waals surface area contributed by atoms with Gasteiger partial charge in [-0.1, -0.05) is 0 Å². The highest BCUT2D eigenvalue weighted by Gasteiger charge is 2.49. The minimum absolute atomic E-state index is 0.200. The summed E-state index contributed by atoms with van der Waals surface area (Å²) in [4.78, 5) is 0. The molecule has 11 heavy (non-hydrogen) atoms. The lowest BCUT2D eigenvalue weighted by Gasteiger charge is -2.25. The van der Waals surface area contributed by atoms with E-state index in [2.05, 4.69) is 0 Å². The van der Waals surface area contributed by atoms with Gasteiger partial charge in [-0.3, -0.25) is 0 Å². The van der Waals surface area contributed by atoms with Gasteiger partial charge in [0.05, 0.1) is 12.2 Å². The van der Waals surface area contributed by atoms with Gasteiger partial charge in [-0.15, -0.1) is 0 Å². The lowest BCUT2D eigenvalue weighted by Crippen LogP contribution is -2.44. The van der Waals surface area contributed by atoms with E-state index in [1.54, 1.807) is 0 Å². The number of rotatable bonds is 1. The van der Waals surface area contributed by atoms with Crippen LogP contribution in [0.3, 0.4) is 0 Å². The predicted molar refractivity (Wildman–Crippen MR) is 37.8 cm³/mol. The molecule has 66 valence electrons. The fourth-order valence-electron chi connectivity index (χ4n) is 1.50. The topological polar surface area (TPSA) is 80.9 Å². The van der Waals surface area contributed by atoms with E-state index in [9.17, 15) is 15.3 Å². The molecule has 1 aliphatic carbocycles. The summed E-state index contributed by atoms with van der Waals surface area (Å²) in [6.07, 6.45) is -1.71. The third-order valence-electron chi connectivity index (χ3n) is 2.48. The molecule has 0 aliphatic heterocycles. The summed E-state index contributed by atoms with van der Waals surface area (Å²) in [6.45, 7) is 1.17. The van der Waals surface area contributed by atoms with Gasteiger partial charge in [-0.2, -0.15) is 0 Å². The molecular formula is C7H14O4. The van der Waals surface area contributed by atoms with Crippen molar-refractivity contribution in [2.75, 3.05) is 6.61 Å². The van der Waals surface area contributed by atoms with Crippen molar-refractivity contribution in [3.63, 3.8) is 0 Å². The fourth-order valence-corrected chi connectivity index (χ4v) is 1.50. The van der Waals surface area contributed by atoms with E-state index in [1.165, 1.54) is 6.92 Å². The Balaban J connectivity index is 2.71. The molecule has 1 rings (SSSR count). The van der Waals surface area contributed by atoms with Gasteiger partial charge in [0.25, 0.3) is 0 Å². The van der Waals surface area contributed by atoms with Crippen LogP contribution < -0.4 is 0 Å². The quantitative estimate of drug-likeness (QED) is 0.377. The highest BCUT2D eigenvalue weighted by atomic mass is 16.4. The van der Waals surface area contributed by atoms with Gasteiger partial charge in [-0.25, -0.2) is 0 Å². The molecule has 0 aromatic carbocycles. The summed E-state index contributed by atoms with van der Waals surface area (Å²) < 4.78 is 0. The highest BCUT2D eigenvalue weighted by molar-refractivity contribution is 5.00. The van der Waals surface area contributed by atoms with Crippen LogP contribution in [0.5, 0.6) is 0 Å². The van der Waals surface area contributed by atoms with Gasteiger partial charge in [0.1, 0.15) is 5.60 Å². The van der Waals surface area contributed by atoms with Gasteiger partial charge >= 0.3 is 0 Å². The second kappa shape index (κ2) is 2.71. The molecule has 0 unspecified atom stereocenters. The van der Waals surface area contributed by atoms with Gasteiger partial charge in [0.15, 0.2) is 0 Å². The zero-order valence-corrected chi connectivity index (χ0v) is 6.44. The lowest BCUT2D eigenvalue weighted by atomic mass is 9.98. The number of aliphatic hydroxyl groups is 4. The van der Waals surface area contributed by atoms with Gasteiger partial charge in [0, 0.05) is 12.5 Å². The fraction of sp³-hybridized carbons (Fsp3) is 1.00. The van der Waals surface area contributed by atoms with Crippen molar-refractivity contribution < 1.29 is 20.4 Å². The van der Waals surface area contributed by atoms with E-state index >= 15 is 0 Å². The molecule has 1 aliphatic rings. The molecule has 0 aromatic heterocycles. The van der Waals surface area contributed by atoms with Crippen molar-refractivity contribution >= 4 is 0 Å². The van der Waals surface area contributed by atoms with Crippen LogP contribution in [0.4, 0.5) is 0 Å². The van der Waals surface area contributed by atoms with Crippen molar-refractivity contribution in [2.24, 2.45) is 5.92 Å². The van der Waals surface area contributed by atoms with Gasteiger partial charge in [0.2, 0.25) is 0 Å². The predicted octanol–water partition coefficient (Wildman–Crippen LogP) is -1.53. The monoisotopic (exact) mass is 162 g/mol. The Morgan fingerprint density at radius 2 is 2.00 bits per heavy atom. The van der Waals surface area contributed by atoms with Crippen LogP contribution in [-0.4, -0.2) is 44.8 Å². The molecule has 0 spiro atoms. The van der Waals surface area contributed by atoms with Crippen molar-refractivity contribution in [2.45, 2.75) is 31.2 Å². The molecule has 1 fully saturated rings. The largest absolute Gasteiger partial charge is 0.396 e. The van der Waals surface area contributed by atoms with Crippen molar-refractivity contribution in [3.8, 4) is 0 Å². The second-order valence-corrected chi connectivity index (χ2v) is 3.36. The van der Waals surface area contributed by atoms with Crippen LogP contribution >= 0.6 is 0 Å². The maximum atomic E-state index is 9.42. The molecule has 4 nitrogen and oxygen atoms in total. The minimum Gasteiger partial charge on any atom is -0.396 e. The summed E-state index contributed by atoms with van der Waals surface area (Å²) in [7, 11) is 0. The molecule has 0 aromatic rings. The number of hydrogen-bond acceptors (Lipinski definition) is 4. The van der Waals surface area contributed by atoms with Gasteiger partial charge in [-0.05, 0) is 13.3 Å². The van der Waals surface area contributed by atoms with Crippen LogP contribution in [0, 0.1) is 5.92 Å². The molecule has 0 saturated heterocycles. The van der Waals surface area contributed by atoms with Crippen LogP contribution in [0.15, 0.2) is 0 Å². The Morgan fingerprint density at radius 3 is 2.18 bits per heavy atom. The second-order valence-electron chi connectivity index (χ2n) is 3.36.